The lowest BCUT2D eigenvalue weighted by molar-refractivity contribution is -0.209. The molecule has 2 bridgehead atoms. The van der Waals surface area contributed by atoms with Crippen LogP contribution >= 0.6 is 0 Å². The summed E-state index contributed by atoms with van der Waals surface area (Å²) in [6.07, 6.45) is 2.31. The van der Waals surface area contributed by atoms with Crippen LogP contribution < -0.4 is 0 Å². The quantitative estimate of drug-likeness (QED) is 0.605. The van der Waals surface area contributed by atoms with Gasteiger partial charge in [0.15, 0.2) is 0 Å². The molecule has 3 fully saturated rings. The Bertz CT molecular complexity index is 388. The number of hydrogen-bond donors (Lipinski definition) is 1. The fourth-order valence-corrected chi connectivity index (χ4v) is 3.55. The molecule has 122 valence electrons. The number of hydrogen-bond acceptors (Lipinski definition) is 4. The number of aliphatic hydroxyl groups excluding tert-OH is 1. The van der Waals surface area contributed by atoms with Gasteiger partial charge in [0.05, 0.1) is 24.2 Å². The summed E-state index contributed by atoms with van der Waals surface area (Å²) in [7, 11) is 0. The van der Waals surface area contributed by atoms with Gasteiger partial charge in [0, 0.05) is 0 Å². The molecule has 0 saturated heterocycles. The van der Waals surface area contributed by atoms with Crippen LogP contribution in [0.2, 0.25) is 0 Å². The molecule has 3 aliphatic carbocycles. The van der Waals surface area contributed by atoms with Gasteiger partial charge in [-0.1, -0.05) is 20.8 Å². The average molecular weight is 298 g/mol. The minimum absolute atomic E-state index is 0.0975. The van der Waals surface area contributed by atoms with Crippen molar-refractivity contribution in [3.05, 3.63) is 0 Å². The largest absolute Gasteiger partial charge is 0.463 e. The van der Waals surface area contributed by atoms with E-state index in [4.69, 9.17) is 9.47 Å². The Morgan fingerprint density at radius 2 is 1.95 bits per heavy atom. The first kappa shape index (κ1) is 16.8. The van der Waals surface area contributed by atoms with E-state index in [0.717, 1.165) is 19.3 Å². The second-order valence-corrected chi connectivity index (χ2v) is 7.87. The highest BCUT2D eigenvalue weighted by Gasteiger charge is 2.57. The highest BCUT2D eigenvalue weighted by atomic mass is 16.6. The molecule has 0 aliphatic heterocycles. The number of fused-ring (bicyclic) bond motifs is 2. The van der Waals surface area contributed by atoms with E-state index in [9.17, 15) is 9.90 Å². The summed E-state index contributed by atoms with van der Waals surface area (Å²) >= 11 is 0. The van der Waals surface area contributed by atoms with Crippen molar-refractivity contribution in [3.63, 3.8) is 0 Å². The van der Waals surface area contributed by atoms with E-state index in [2.05, 4.69) is 13.8 Å². The lowest BCUT2D eigenvalue weighted by Crippen LogP contribution is -2.60. The van der Waals surface area contributed by atoms with Crippen molar-refractivity contribution in [3.8, 4) is 0 Å². The van der Waals surface area contributed by atoms with Crippen LogP contribution in [0.3, 0.4) is 0 Å². The average Bonchev–Trinajstić information content (AvgIpc) is 2.43. The molecule has 0 radical (unpaired) electrons. The molecule has 0 aromatic carbocycles. The van der Waals surface area contributed by atoms with Gasteiger partial charge in [0.25, 0.3) is 0 Å². The maximum Gasteiger partial charge on any atom is 0.311 e. The standard InChI is InChI=1S/C17H30O4/c1-6-16(2,3)15(19)21-8-7-20-13-10-11-9-12(14(13)18)17(11,4)5/h11-14,18H,6-10H2,1-5H3/t11?,12-,13?,14-/m0/s1. The summed E-state index contributed by atoms with van der Waals surface area (Å²) < 4.78 is 11.0. The topological polar surface area (TPSA) is 55.8 Å². The molecule has 0 aromatic heterocycles. The van der Waals surface area contributed by atoms with Gasteiger partial charge in [-0.3, -0.25) is 4.79 Å². The highest BCUT2D eigenvalue weighted by molar-refractivity contribution is 5.75. The van der Waals surface area contributed by atoms with Crippen molar-refractivity contribution in [1.82, 2.24) is 0 Å². The molecule has 0 amide bonds. The van der Waals surface area contributed by atoms with Crippen LogP contribution in [-0.4, -0.2) is 36.5 Å². The van der Waals surface area contributed by atoms with E-state index in [1.807, 2.05) is 20.8 Å². The Morgan fingerprint density at radius 1 is 1.29 bits per heavy atom. The predicted octanol–water partition coefficient (Wildman–Crippen LogP) is 2.78. The normalized spacial score (nSPS) is 34.2. The fourth-order valence-electron chi connectivity index (χ4n) is 3.55. The van der Waals surface area contributed by atoms with Crippen LogP contribution in [0.25, 0.3) is 0 Å². The molecule has 1 N–H and O–H groups in total. The molecule has 0 spiro atoms. The van der Waals surface area contributed by atoms with Crippen molar-refractivity contribution >= 4 is 5.97 Å². The molecule has 2 unspecified atom stereocenters. The van der Waals surface area contributed by atoms with Crippen molar-refractivity contribution in [2.24, 2.45) is 22.7 Å². The van der Waals surface area contributed by atoms with Crippen molar-refractivity contribution in [2.45, 2.75) is 66.1 Å². The molecule has 3 aliphatic rings. The summed E-state index contributed by atoms with van der Waals surface area (Å²) in [6.45, 7) is 10.9. The lowest BCUT2D eigenvalue weighted by Gasteiger charge is -2.60. The van der Waals surface area contributed by atoms with E-state index in [1.165, 1.54) is 0 Å². The zero-order valence-corrected chi connectivity index (χ0v) is 14.0. The first-order valence-corrected chi connectivity index (χ1v) is 8.17. The van der Waals surface area contributed by atoms with E-state index >= 15 is 0 Å². The Kier molecular flexibility index (Phi) is 4.69. The number of carbonyl (C=O) groups excluding carboxylic acids is 1. The summed E-state index contributed by atoms with van der Waals surface area (Å²) in [4.78, 5) is 11.8. The minimum Gasteiger partial charge on any atom is -0.463 e. The van der Waals surface area contributed by atoms with Gasteiger partial charge >= 0.3 is 5.97 Å². The molecule has 4 heteroatoms. The Hall–Kier alpha value is -0.610. The van der Waals surface area contributed by atoms with E-state index < -0.39 is 5.41 Å². The fraction of sp³-hybridized carbons (Fsp3) is 0.941. The van der Waals surface area contributed by atoms with Gasteiger partial charge in [-0.2, -0.15) is 0 Å². The number of ether oxygens (including phenoxy) is 2. The summed E-state index contributed by atoms with van der Waals surface area (Å²) in [5.74, 6) is 0.821. The third-order valence-corrected chi connectivity index (χ3v) is 5.94. The number of aliphatic hydroxyl groups is 1. The molecular weight excluding hydrogens is 268 g/mol. The zero-order chi connectivity index (χ0) is 15.8. The Morgan fingerprint density at radius 3 is 2.48 bits per heavy atom. The SMILES string of the molecule is CCC(C)(C)C(=O)OCCOC1CC2C[C@@H]([C@@H]1O)C2(C)C. The zero-order valence-electron chi connectivity index (χ0n) is 14.0. The molecule has 3 rings (SSSR count). The van der Waals surface area contributed by atoms with E-state index in [-0.39, 0.29) is 30.2 Å². The van der Waals surface area contributed by atoms with Gasteiger partial charge in [0.1, 0.15) is 6.61 Å². The summed E-state index contributed by atoms with van der Waals surface area (Å²) in [6, 6.07) is 0. The third kappa shape index (κ3) is 3.11. The van der Waals surface area contributed by atoms with Gasteiger partial charge in [-0.15, -0.1) is 0 Å². The first-order valence-electron chi connectivity index (χ1n) is 8.17. The highest BCUT2D eigenvalue weighted by Crippen LogP contribution is 2.59. The molecule has 4 atom stereocenters. The third-order valence-electron chi connectivity index (χ3n) is 5.94. The smallest absolute Gasteiger partial charge is 0.311 e. The second-order valence-electron chi connectivity index (χ2n) is 7.87. The van der Waals surface area contributed by atoms with Gasteiger partial charge in [0.2, 0.25) is 0 Å². The van der Waals surface area contributed by atoms with Crippen LogP contribution in [-0.2, 0) is 14.3 Å². The lowest BCUT2D eigenvalue weighted by atomic mass is 9.47. The minimum atomic E-state index is -0.435. The van der Waals surface area contributed by atoms with Crippen molar-refractivity contribution < 1.29 is 19.4 Å². The second kappa shape index (κ2) is 5.88. The van der Waals surface area contributed by atoms with Gasteiger partial charge in [-0.25, -0.2) is 0 Å². The summed E-state index contributed by atoms with van der Waals surface area (Å²) in [5.41, 5.74) is -0.188. The van der Waals surface area contributed by atoms with Crippen LogP contribution in [0.1, 0.15) is 53.9 Å². The van der Waals surface area contributed by atoms with E-state index in [1.54, 1.807) is 0 Å². The maximum atomic E-state index is 11.8. The first-order chi connectivity index (χ1) is 9.70. The number of carbonyl (C=O) groups is 1. The van der Waals surface area contributed by atoms with Gasteiger partial charge < -0.3 is 14.6 Å². The molecule has 0 heterocycles. The monoisotopic (exact) mass is 298 g/mol. The van der Waals surface area contributed by atoms with Crippen LogP contribution in [0.5, 0.6) is 0 Å². The molecule has 0 aromatic rings. The van der Waals surface area contributed by atoms with Crippen LogP contribution in [0.4, 0.5) is 0 Å². The number of esters is 1. The van der Waals surface area contributed by atoms with Crippen LogP contribution in [0.15, 0.2) is 0 Å². The predicted molar refractivity (Wildman–Crippen MR) is 80.8 cm³/mol. The maximum absolute atomic E-state index is 11.8. The molecule has 21 heavy (non-hydrogen) atoms. The Labute approximate surface area is 128 Å². The van der Waals surface area contributed by atoms with Crippen molar-refractivity contribution in [1.29, 1.82) is 0 Å². The molecule has 3 saturated carbocycles. The van der Waals surface area contributed by atoms with Crippen LogP contribution in [0, 0.1) is 22.7 Å². The van der Waals surface area contributed by atoms with Gasteiger partial charge in [-0.05, 0) is 50.4 Å². The molecular formula is C17H30O4. The van der Waals surface area contributed by atoms with Crippen molar-refractivity contribution in [2.75, 3.05) is 13.2 Å². The van der Waals surface area contributed by atoms with E-state index in [0.29, 0.717) is 18.4 Å². The molecule has 4 nitrogen and oxygen atoms in total. The summed E-state index contributed by atoms with van der Waals surface area (Å²) in [5, 5.41) is 10.4. The Balaban J connectivity index is 1.70. The number of rotatable bonds is 6.